The van der Waals surface area contributed by atoms with Gasteiger partial charge in [-0.2, -0.15) is 5.10 Å². The highest BCUT2D eigenvalue weighted by Gasteiger charge is 2.33. The molecule has 0 aliphatic heterocycles. The van der Waals surface area contributed by atoms with Crippen LogP contribution in [0.3, 0.4) is 0 Å². The van der Waals surface area contributed by atoms with Gasteiger partial charge in [0, 0.05) is 24.9 Å². The molecule has 6 heteroatoms. The number of amides is 1. The zero-order chi connectivity index (χ0) is 13.1. The maximum absolute atomic E-state index is 11.6. The van der Waals surface area contributed by atoms with E-state index in [9.17, 15) is 15.0 Å². The fourth-order valence-electron chi connectivity index (χ4n) is 2.05. The summed E-state index contributed by atoms with van der Waals surface area (Å²) in [6.45, 7) is 0. The van der Waals surface area contributed by atoms with Crippen molar-refractivity contribution in [1.82, 2.24) is 15.1 Å². The predicted molar refractivity (Wildman–Crippen MR) is 65.4 cm³/mol. The van der Waals surface area contributed by atoms with Crippen molar-refractivity contribution in [2.24, 2.45) is 7.05 Å². The first kappa shape index (κ1) is 12.8. The molecule has 98 valence electrons. The number of aliphatic hydroxyl groups excluding tert-OH is 2. The van der Waals surface area contributed by atoms with E-state index >= 15 is 0 Å². The number of hydrogen-bond donors (Lipinski definition) is 3. The SMILES string of the molecule is Cn1cc(/C=C/C(=O)N[C@@H]2CC[C@@H](O)[C@@H]2O)cn1. The van der Waals surface area contributed by atoms with Gasteiger partial charge in [-0.05, 0) is 18.9 Å². The maximum Gasteiger partial charge on any atom is 0.244 e. The second-order valence-corrected chi connectivity index (χ2v) is 4.53. The highest BCUT2D eigenvalue weighted by Crippen LogP contribution is 2.19. The molecule has 0 aromatic carbocycles. The van der Waals surface area contributed by atoms with Gasteiger partial charge in [0.05, 0.1) is 18.3 Å². The summed E-state index contributed by atoms with van der Waals surface area (Å²) < 4.78 is 1.65. The van der Waals surface area contributed by atoms with Crippen molar-refractivity contribution in [3.8, 4) is 0 Å². The molecule has 0 spiro atoms. The molecule has 0 bridgehead atoms. The normalized spacial score (nSPS) is 27.8. The van der Waals surface area contributed by atoms with Crippen molar-refractivity contribution in [3.05, 3.63) is 24.0 Å². The molecule has 0 radical (unpaired) electrons. The van der Waals surface area contributed by atoms with Crippen LogP contribution in [0.5, 0.6) is 0 Å². The first-order chi connectivity index (χ1) is 8.56. The zero-order valence-corrected chi connectivity index (χ0v) is 10.2. The summed E-state index contributed by atoms with van der Waals surface area (Å²) in [7, 11) is 1.80. The fraction of sp³-hybridized carbons (Fsp3) is 0.500. The van der Waals surface area contributed by atoms with Crippen LogP contribution < -0.4 is 5.32 Å². The molecule has 3 N–H and O–H groups in total. The lowest BCUT2D eigenvalue weighted by Crippen LogP contribution is -2.42. The van der Waals surface area contributed by atoms with Crippen LogP contribution in [0.15, 0.2) is 18.5 Å². The highest BCUT2D eigenvalue weighted by atomic mass is 16.3. The maximum atomic E-state index is 11.6. The summed E-state index contributed by atoms with van der Waals surface area (Å²) in [5.74, 6) is -0.281. The topological polar surface area (TPSA) is 87.4 Å². The van der Waals surface area contributed by atoms with Gasteiger partial charge in [-0.1, -0.05) is 0 Å². The van der Waals surface area contributed by atoms with Crippen LogP contribution in [0.2, 0.25) is 0 Å². The number of nitrogens with one attached hydrogen (secondary N) is 1. The number of carbonyl (C=O) groups is 1. The van der Waals surface area contributed by atoms with E-state index in [1.807, 2.05) is 0 Å². The van der Waals surface area contributed by atoms with E-state index in [1.54, 1.807) is 30.2 Å². The Hall–Kier alpha value is -1.66. The minimum Gasteiger partial charge on any atom is -0.390 e. The number of aliphatic hydroxyl groups is 2. The molecule has 1 aliphatic rings. The number of carbonyl (C=O) groups excluding carboxylic acids is 1. The molecule has 3 atom stereocenters. The Balaban J connectivity index is 1.87. The molecular formula is C12H17N3O3. The Morgan fingerprint density at radius 3 is 2.89 bits per heavy atom. The molecule has 2 rings (SSSR count). The molecule has 0 saturated heterocycles. The lowest BCUT2D eigenvalue weighted by atomic mass is 10.2. The molecule has 6 nitrogen and oxygen atoms in total. The van der Waals surface area contributed by atoms with Gasteiger partial charge in [-0.15, -0.1) is 0 Å². The molecule has 1 aromatic rings. The van der Waals surface area contributed by atoms with Gasteiger partial charge >= 0.3 is 0 Å². The van der Waals surface area contributed by atoms with Crippen molar-refractivity contribution in [1.29, 1.82) is 0 Å². The monoisotopic (exact) mass is 251 g/mol. The molecule has 0 unspecified atom stereocenters. The van der Waals surface area contributed by atoms with Crippen LogP contribution in [-0.2, 0) is 11.8 Å². The number of rotatable bonds is 3. The number of hydrogen-bond acceptors (Lipinski definition) is 4. The molecule has 1 heterocycles. The Morgan fingerprint density at radius 1 is 1.56 bits per heavy atom. The summed E-state index contributed by atoms with van der Waals surface area (Å²) in [6.07, 6.45) is 5.98. The number of nitrogens with zero attached hydrogens (tertiary/aromatic N) is 2. The third-order valence-corrected chi connectivity index (χ3v) is 3.06. The van der Waals surface area contributed by atoms with Crippen LogP contribution in [-0.4, -0.2) is 44.2 Å². The molecule has 1 aliphatic carbocycles. The van der Waals surface area contributed by atoms with E-state index in [0.29, 0.717) is 12.8 Å². The lowest BCUT2D eigenvalue weighted by Gasteiger charge is -2.16. The number of aryl methyl sites for hydroxylation is 1. The standard InChI is InChI=1S/C12H17N3O3/c1-15-7-8(6-13-15)2-5-11(17)14-9-3-4-10(16)12(9)18/h2,5-7,9-10,12,16,18H,3-4H2,1H3,(H,14,17)/b5-2+/t9-,10-,12-/m1/s1. The summed E-state index contributed by atoms with van der Waals surface area (Å²) in [5.41, 5.74) is 0.833. The molecule has 1 fully saturated rings. The van der Waals surface area contributed by atoms with E-state index in [1.165, 1.54) is 6.08 Å². The van der Waals surface area contributed by atoms with E-state index < -0.39 is 12.2 Å². The van der Waals surface area contributed by atoms with Crippen LogP contribution in [0, 0.1) is 0 Å². The average molecular weight is 251 g/mol. The second-order valence-electron chi connectivity index (χ2n) is 4.53. The first-order valence-electron chi connectivity index (χ1n) is 5.89. The lowest BCUT2D eigenvalue weighted by molar-refractivity contribution is -0.118. The molecule has 1 amide bonds. The first-order valence-corrected chi connectivity index (χ1v) is 5.89. The van der Waals surface area contributed by atoms with Gasteiger partial charge in [0.2, 0.25) is 5.91 Å². The zero-order valence-electron chi connectivity index (χ0n) is 10.2. The minimum absolute atomic E-state index is 0.281. The highest BCUT2D eigenvalue weighted by molar-refractivity contribution is 5.91. The van der Waals surface area contributed by atoms with Crippen molar-refractivity contribution in [2.75, 3.05) is 0 Å². The van der Waals surface area contributed by atoms with Crippen molar-refractivity contribution >= 4 is 12.0 Å². The van der Waals surface area contributed by atoms with Crippen LogP contribution in [0.4, 0.5) is 0 Å². The van der Waals surface area contributed by atoms with Gasteiger partial charge in [0.1, 0.15) is 6.10 Å². The summed E-state index contributed by atoms with van der Waals surface area (Å²) >= 11 is 0. The molecule has 18 heavy (non-hydrogen) atoms. The van der Waals surface area contributed by atoms with Gasteiger partial charge in [0.15, 0.2) is 0 Å². The Morgan fingerprint density at radius 2 is 2.33 bits per heavy atom. The molecule has 1 aromatic heterocycles. The fourth-order valence-corrected chi connectivity index (χ4v) is 2.05. The van der Waals surface area contributed by atoms with E-state index in [4.69, 9.17) is 0 Å². The summed E-state index contributed by atoms with van der Waals surface area (Å²) in [6, 6.07) is -0.369. The third-order valence-electron chi connectivity index (χ3n) is 3.06. The number of aromatic nitrogens is 2. The van der Waals surface area contributed by atoms with Crippen molar-refractivity contribution in [2.45, 2.75) is 31.1 Å². The molecule has 1 saturated carbocycles. The summed E-state index contributed by atoms with van der Waals surface area (Å²) in [4.78, 5) is 11.6. The second kappa shape index (κ2) is 5.32. The van der Waals surface area contributed by atoms with Crippen LogP contribution in [0.1, 0.15) is 18.4 Å². The van der Waals surface area contributed by atoms with Gasteiger partial charge in [0.25, 0.3) is 0 Å². The molecular weight excluding hydrogens is 234 g/mol. The predicted octanol–water partition coefficient (Wildman–Crippen LogP) is -0.566. The van der Waals surface area contributed by atoms with Gasteiger partial charge in [-0.25, -0.2) is 0 Å². The average Bonchev–Trinajstić information content (AvgIpc) is 2.88. The quantitative estimate of drug-likeness (QED) is 0.628. The largest absolute Gasteiger partial charge is 0.390 e. The van der Waals surface area contributed by atoms with Crippen LogP contribution in [0.25, 0.3) is 6.08 Å². The van der Waals surface area contributed by atoms with E-state index in [2.05, 4.69) is 10.4 Å². The Bertz CT molecular complexity index is 455. The van der Waals surface area contributed by atoms with E-state index in [-0.39, 0.29) is 11.9 Å². The smallest absolute Gasteiger partial charge is 0.244 e. The van der Waals surface area contributed by atoms with Gasteiger partial charge < -0.3 is 15.5 Å². The van der Waals surface area contributed by atoms with E-state index in [0.717, 1.165) is 5.56 Å². The van der Waals surface area contributed by atoms with Crippen LogP contribution >= 0.6 is 0 Å². The third kappa shape index (κ3) is 2.96. The minimum atomic E-state index is -0.874. The Kier molecular flexibility index (Phi) is 3.78. The Labute approximate surface area is 105 Å². The van der Waals surface area contributed by atoms with Crippen molar-refractivity contribution in [3.63, 3.8) is 0 Å². The van der Waals surface area contributed by atoms with Crippen molar-refractivity contribution < 1.29 is 15.0 Å². The van der Waals surface area contributed by atoms with Gasteiger partial charge in [-0.3, -0.25) is 9.48 Å². The summed E-state index contributed by atoms with van der Waals surface area (Å²) in [5, 5.41) is 25.6.